The molecule has 4 heteroatoms. The molecule has 2 aromatic rings. The molecule has 1 heterocycles. The van der Waals surface area contributed by atoms with Gasteiger partial charge in [-0.05, 0) is 36.2 Å². The van der Waals surface area contributed by atoms with Crippen LogP contribution in [-0.2, 0) is 11.3 Å². The first kappa shape index (κ1) is 12.5. The Bertz CT molecular complexity index is 653. The average Bonchev–Trinajstić information content (AvgIpc) is 2.46. The Labute approximate surface area is 117 Å². The molecule has 0 spiro atoms. The van der Waals surface area contributed by atoms with Crippen LogP contribution in [0.25, 0.3) is 0 Å². The van der Waals surface area contributed by atoms with Crippen LogP contribution in [0, 0.1) is 6.92 Å². The third kappa shape index (κ3) is 2.59. The minimum absolute atomic E-state index is 0.0911. The molecule has 0 fully saturated rings. The number of hydrogen-bond donors (Lipinski definition) is 2. The lowest BCUT2D eigenvalue weighted by Crippen LogP contribution is -2.25. The van der Waals surface area contributed by atoms with E-state index in [9.17, 15) is 4.79 Å². The number of aryl methyl sites for hydroxylation is 1. The van der Waals surface area contributed by atoms with Crippen LogP contribution < -0.4 is 15.4 Å². The van der Waals surface area contributed by atoms with Crippen molar-refractivity contribution in [3.8, 4) is 5.75 Å². The van der Waals surface area contributed by atoms with Crippen molar-refractivity contribution in [2.24, 2.45) is 0 Å². The van der Waals surface area contributed by atoms with Gasteiger partial charge in [0.1, 0.15) is 5.75 Å². The van der Waals surface area contributed by atoms with Crippen molar-refractivity contribution in [1.82, 2.24) is 0 Å². The van der Waals surface area contributed by atoms with Crippen molar-refractivity contribution in [3.63, 3.8) is 0 Å². The summed E-state index contributed by atoms with van der Waals surface area (Å²) in [5.41, 5.74) is 4.16. The van der Waals surface area contributed by atoms with Gasteiger partial charge in [-0.15, -0.1) is 0 Å². The Kier molecular flexibility index (Phi) is 3.29. The normalized spacial score (nSPS) is 13.2. The molecule has 20 heavy (non-hydrogen) atoms. The summed E-state index contributed by atoms with van der Waals surface area (Å²) >= 11 is 0. The van der Waals surface area contributed by atoms with Crippen molar-refractivity contribution in [3.05, 3.63) is 53.6 Å². The van der Waals surface area contributed by atoms with Crippen LogP contribution in [0.1, 0.15) is 11.1 Å². The molecule has 1 aliphatic rings. The second-order valence-corrected chi connectivity index (χ2v) is 4.84. The molecule has 2 N–H and O–H groups in total. The number of fused-ring (bicyclic) bond motifs is 1. The Balaban J connectivity index is 1.74. The third-order valence-electron chi connectivity index (χ3n) is 3.30. The Morgan fingerprint density at radius 1 is 1.25 bits per heavy atom. The summed E-state index contributed by atoms with van der Waals surface area (Å²) in [6.07, 6.45) is 0. The Morgan fingerprint density at radius 2 is 2.10 bits per heavy atom. The smallest absolute Gasteiger partial charge is 0.262 e. The predicted molar refractivity (Wildman–Crippen MR) is 79.1 cm³/mol. The van der Waals surface area contributed by atoms with Crippen LogP contribution in [0.4, 0.5) is 11.4 Å². The molecular formula is C16H16N2O2. The number of hydrogen-bond acceptors (Lipinski definition) is 3. The number of amides is 1. The van der Waals surface area contributed by atoms with E-state index in [1.165, 1.54) is 5.56 Å². The van der Waals surface area contributed by atoms with Gasteiger partial charge in [0, 0.05) is 12.2 Å². The number of carbonyl (C=O) groups excluding carboxylic acids is 1. The summed E-state index contributed by atoms with van der Waals surface area (Å²) in [5.74, 6) is 0.616. The number of anilines is 2. The minimum atomic E-state index is -0.110. The van der Waals surface area contributed by atoms with Crippen molar-refractivity contribution in [2.45, 2.75) is 13.5 Å². The minimum Gasteiger partial charge on any atom is -0.482 e. The van der Waals surface area contributed by atoms with Crippen LogP contribution in [0.3, 0.4) is 0 Å². The molecule has 4 nitrogen and oxygen atoms in total. The van der Waals surface area contributed by atoms with Crippen LogP contribution in [0.5, 0.6) is 5.75 Å². The highest BCUT2D eigenvalue weighted by Gasteiger charge is 2.15. The van der Waals surface area contributed by atoms with E-state index in [2.05, 4.69) is 29.7 Å². The zero-order valence-electron chi connectivity index (χ0n) is 11.3. The maximum absolute atomic E-state index is 11.3. The maximum Gasteiger partial charge on any atom is 0.262 e. The maximum atomic E-state index is 11.3. The quantitative estimate of drug-likeness (QED) is 0.900. The summed E-state index contributed by atoms with van der Waals surface area (Å²) in [4.78, 5) is 11.3. The lowest BCUT2D eigenvalue weighted by Gasteiger charge is -2.19. The molecule has 1 amide bonds. The van der Waals surface area contributed by atoms with Crippen LogP contribution in [-0.4, -0.2) is 12.5 Å². The van der Waals surface area contributed by atoms with Gasteiger partial charge in [0.15, 0.2) is 6.61 Å². The number of para-hydroxylation sites is 1. The van der Waals surface area contributed by atoms with Gasteiger partial charge in [-0.1, -0.05) is 24.3 Å². The first-order valence-corrected chi connectivity index (χ1v) is 6.57. The van der Waals surface area contributed by atoms with Crippen molar-refractivity contribution >= 4 is 17.3 Å². The number of nitrogens with one attached hydrogen (secondary N) is 2. The first-order chi connectivity index (χ1) is 9.72. The Hall–Kier alpha value is -2.49. The van der Waals surface area contributed by atoms with E-state index in [0.717, 1.165) is 22.7 Å². The van der Waals surface area contributed by atoms with E-state index in [-0.39, 0.29) is 12.5 Å². The standard InChI is InChI=1S/C16H16N2O2/c1-11-4-2-3-5-13(11)17-9-12-6-7-15-14(8-12)18-16(19)10-20-15/h2-8,17H,9-10H2,1H3,(H,18,19). The van der Waals surface area contributed by atoms with Gasteiger partial charge in [0.05, 0.1) is 5.69 Å². The van der Waals surface area contributed by atoms with Crippen LogP contribution in [0.15, 0.2) is 42.5 Å². The van der Waals surface area contributed by atoms with Gasteiger partial charge in [-0.2, -0.15) is 0 Å². The third-order valence-corrected chi connectivity index (χ3v) is 3.30. The van der Waals surface area contributed by atoms with Crippen LogP contribution >= 0.6 is 0 Å². The lowest BCUT2D eigenvalue weighted by atomic mass is 10.1. The summed E-state index contributed by atoms with van der Waals surface area (Å²) in [5, 5.41) is 6.21. The van der Waals surface area contributed by atoms with Gasteiger partial charge in [-0.25, -0.2) is 0 Å². The zero-order chi connectivity index (χ0) is 13.9. The molecule has 102 valence electrons. The summed E-state index contributed by atoms with van der Waals surface area (Å²) in [6, 6.07) is 14.0. The molecule has 0 aliphatic carbocycles. The molecular weight excluding hydrogens is 252 g/mol. The molecule has 0 radical (unpaired) electrons. The van der Waals surface area contributed by atoms with Gasteiger partial charge in [-0.3, -0.25) is 4.79 Å². The molecule has 0 bridgehead atoms. The van der Waals surface area contributed by atoms with E-state index >= 15 is 0 Å². The summed E-state index contributed by atoms with van der Waals surface area (Å²) in [7, 11) is 0. The average molecular weight is 268 g/mol. The largest absolute Gasteiger partial charge is 0.482 e. The first-order valence-electron chi connectivity index (χ1n) is 6.57. The number of carbonyl (C=O) groups is 1. The second-order valence-electron chi connectivity index (χ2n) is 4.84. The fraction of sp³-hybridized carbons (Fsp3) is 0.188. The highest BCUT2D eigenvalue weighted by molar-refractivity contribution is 5.95. The lowest BCUT2D eigenvalue weighted by molar-refractivity contribution is -0.118. The molecule has 3 rings (SSSR count). The van der Waals surface area contributed by atoms with Crippen molar-refractivity contribution in [2.75, 3.05) is 17.2 Å². The van der Waals surface area contributed by atoms with E-state index < -0.39 is 0 Å². The second kappa shape index (κ2) is 5.25. The van der Waals surface area contributed by atoms with E-state index in [1.807, 2.05) is 30.3 Å². The summed E-state index contributed by atoms with van der Waals surface area (Å²) in [6.45, 7) is 2.87. The fourth-order valence-corrected chi connectivity index (χ4v) is 2.21. The molecule has 1 aliphatic heterocycles. The number of ether oxygens (including phenoxy) is 1. The Morgan fingerprint density at radius 3 is 2.95 bits per heavy atom. The van der Waals surface area contributed by atoms with Crippen LogP contribution in [0.2, 0.25) is 0 Å². The van der Waals surface area contributed by atoms with E-state index in [1.54, 1.807) is 0 Å². The molecule has 0 saturated heterocycles. The summed E-state index contributed by atoms with van der Waals surface area (Å²) < 4.78 is 5.34. The zero-order valence-corrected chi connectivity index (χ0v) is 11.3. The molecule has 0 aromatic heterocycles. The SMILES string of the molecule is Cc1ccccc1NCc1ccc2c(c1)NC(=O)CO2. The molecule has 0 saturated carbocycles. The van der Waals surface area contributed by atoms with Gasteiger partial charge < -0.3 is 15.4 Å². The van der Waals surface area contributed by atoms with Crippen molar-refractivity contribution < 1.29 is 9.53 Å². The highest BCUT2D eigenvalue weighted by atomic mass is 16.5. The van der Waals surface area contributed by atoms with Gasteiger partial charge in [0.2, 0.25) is 0 Å². The fourth-order valence-electron chi connectivity index (χ4n) is 2.21. The van der Waals surface area contributed by atoms with Crippen molar-refractivity contribution in [1.29, 1.82) is 0 Å². The van der Waals surface area contributed by atoms with Gasteiger partial charge >= 0.3 is 0 Å². The molecule has 0 unspecified atom stereocenters. The topological polar surface area (TPSA) is 50.4 Å². The molecule has 0 atom stereocenters. The highest BCUT2D eigenvalue weighted by Crippen LogP contribution is 2.28. The monoisotopic (exact) mass is 268 g/mol. The molecule has 2 aromatic carbocycles. The predicted octanol–water partition coefficient (Wildman–Crippen LogP) is 2.94. The van der Waals surface area contributed by atoms with E-state index in [0.29, 0.717) is 6.54 Å². The van der Waals surface area contributed by atoms with E-state index in [4.69, 9.17) is 4.74 Å². The number of benzene rings is 2. The number of rotatable bonds is 3. The van der Waals surface area contributed by atoms with Gasteiger partial charge in [0.25, 0.3) is 5.91 Å².